The Bertz CT molecular complexity index is 944. The summed E-state index contributed by atoms with van der Waals surface area (Å²) in [4.78, 5) is 21.3. The Morgan fingerprint density at radius 3 is 2.79 bits per heavy atom. The highest BCUT2D eigenvalue weighted by atomic mass is 16.1. The molecule has 6 nitrogen and oxygen atoms in total. The van der Waals surface area contributed by atoms with Gasteiger partial charge in [-0.2, -0.15) is 0 Å². The number of rotatable bonds is 2. The second kappa shape index (κ2) is 5.33. The molecule has 0 aliphatic carbocycles. The Balaban J connectivity index is 1.95. The monoisotopic (exact) mass is 321 g/mol. The Labute approximate surface area is 139 Å². The Kier molecular flexibility index (Phi) is 3.26. The molecule has 1 aliphatic rings. The molecule has 2 aromatic heterocycles. The molecule has 1 atom stereocenters. The van der Waals surface area contributed by atoms with Gasteiger partial charge in [0.15, 0.2) is 0 Å². The van der Waals surface area contributed by atoms with Crippen LogP contribution < -0.4 is 11.1 Å². The van der Waals surface area contributed by atoms with Gasteiger partial charge in [0.25, 0.3) is 0 Å². The van der Waals surface area contributed by atoms with E-state index in [1.54, 1.807) is 6.07 Å². The van der Waals surface area contributed by atoms with E-state index in [1.165, 1.54) is 0 Å². The van der Waals surface area contributed by atoms with E-state index in [2.05, 4.69) is 34.8 Å². The van der Waals surface area contributed by atoms with Gasteiger partial charge >= 0.3 is 0 Å². The summed E-state index contributed by atoms with van der Waals surface area (Å²) in [5.41, 5.74) is 8.75. The maximum atomic E-state index is 12.2. The smallest absolute Gasteiger partial charge is 0.226 e. The average molecular weight is 321 g/mol. The zero-order chi connectivity index (χ0) is 16.8. The van der Waals surface area contributed by atoms with E-state index >= 15 is 0 Å². The number of fused-ring (bicyclic) bond motifs is 2. The summed E-state index contributed by atoms with van der Waals surface area (Å²) in [6.45, 7) is 4.26. The zero-order valence-corrected chi connectivity index (χ0v) is 13.7. The van der Waals surface area contributed by atoms with Gasteiger partial charge < -0.3 is 15.6 Å². The van der Waals surface area contributed by atoms with Gasteiger partial charge in [-0.05, 0) is 32.0 Å². The van der Waals surface area contributed by atoms with Crippen LogP contribution in [0.5, 0.6) is 0 Å². The fraction of sp³-hybridized carbons (Fsp3) is 0.278. The number of benzene rings is 1. The van der Waals surface area contributed by atoms with E-state index in [0.29, 0.717) is 18.1 Å². The lowest BCUT2D eigenvalue weighted by atomic mass is 9.91. The first-order valence-electron chi connectivity index (χ1n) is 8.07. The molecule has 0 bridgehead atoms. The van der Waals surface area contributed by atoms with Gasteiger partial charge in [0.1, 0.15) is 17.5 Å². The molecule has 0 radical (unpaired) electrons. The van der Waals surface area contributed by atoms with Gasteiger partial charge in [-0.1, -0.05) is 18.2 Å². The minimum Gasteiger partial charge on any atom is -0.384 e. The number of carbonyl (C=O) groups excluding carboxylic acids is 1. The summed E-state index contributed by atoms with van der Waals surface area (Å²) in [7, 11) is 0. The molecule has 0 unspecified atom stereocenters. The molecule has 122 valence electrons. The Morgan fingerprint density at radius 1 is 1.21 bits per heavy atom. The summed E-state index contributed by atoms with van der Waals surface area (Å²) in [5, 5.41) is 2.82. The van der Waals surface area contributed by atoms with Crippen LogP contribution in [0, 0.1) is 0 Å². The molecule has 3 aromatic rings. The molecule has 0 saturated carbocycles. The highest BCUT2D eigenvalue weighted by Crippen LogP contribution is 2.38. The number of nitrogens with two attached hydrogens (primary N) is 1. The maximum Gasteiger partial charge on any atom is 0.226 e. The largest absolute Gasteiger partial charge is 0.384 e. The van der Waals surface area contributed by atoms with Gasteiger partial charge in [-0.25, -0.2) is 9.97 Å². The molecule has 1 amide bonds. The van der Waals surface area contributed by atoms with Crippen molar-refractivity contribution in [2.45, 2.75) is 32.2 Å². The number of aromatic nitrogens is 3. The van der Waals surface area contributed by atoms with Crippen LogP contribution >= 0.6 is 0 Å². The normalized spacial score (nSPS) is 17.1. The number of anilines is 2. The van der Waals surface area contributed by atoms with Gasteiger partial charge in [-0.15, -0.1) is 0 Å². The molecule has 6 heteroatoms. The van der Waals surface area contributed by atoms with Crippen LogP contribution in [0.4, 0.5) is 11.6 Å². The van der Waals surface area contributed by atoms with Crippen LogP contribution in [0.2, 0.25) is 0 Å². The first-order valence-corrected chi connectivity index (χ1v) is 8.07. The van der Waals surface area contributed by atoms with E-state index in [0.717, 1.165) is 22.4 Å². The van der Waals surface area contributed by atoms with Crippen LogP contribution in [0.3, 0.4) is 0 Å². The van der Waals surface area contributed by atoms with Crippen LogP contribution in [-0.2, 0) is 4.79 Å². The lowest BCUT2D eigenvalue weighted by molar-refractivity contribution is -0.116. The van der Waals surface area contributed by atoms with E-state index in [9.17, 15) is 4.79 Å². The third kappa shape index (κ3) is 2.22. The van der Waals surface area contributed by atoms with Crippen LogP contribution in [0.1, 0.15) is 43.6 Å². The molecule has 1 aliphatic heterocycles. The average Bonchev–Trinajstić information content (AvgIpc) is 2.93. The van der Waals surface area contributed by atoms with Crippen molar-refractivity contribution in [3.05, 3.63) is 47.8 Å². The number of hydrogen-bond donors (Lipinski definition) is 2. The summed E-state index contributed by atoms with van der Waals surface area (Å²) in [5.74, 6) is 1.64. The fourth-order valence-corrected chi connectivity index (χ4v) is 3.43. The highest BCUT2D eigenvalue weighted by molar-refractivity contribution is 5.94. The number of nitrogens with zero attached hydrogens (tertiary/aromatic N) is 3. The SMILES string of the molecule is CC(C)n1c([C@@H]2CC(=O)Nc3nc(N)ccc32)nc2ccccc21. The van der Waals surface area contributed by atoms with Gasteiger partial charge in [0.2, 0.25) is 5.91 Å². The molecule has 3 heterocycles. The van der Waals surface area contributed by atoms with Gasteiger partial charge in [0.05, 0.1) is 17.0 Å². The van der Waals surface area contributed by atoms with Gasteiger partial charge in [0, 0.05) is 18.0 Å². The lowest BCUT2D eigenvalue weighted by Crippen LogP contribution is -2.26. The second-order valence-electron chi connectivity index (χ2n) is 6.40. The number of pyridine rings is 1. The van der Waals surface area contributed by atoms with Crippen molar-refractivity contribution in [2.24, 2.45) is 0 Å². The third-order valence-corrected chi connectivity index (χ3v) is 4.42. The fourth-order valence-electron chi connectivity index (χ4n) is 3.43. The molecule has 3 N–H and O–H groups in total. The lowest BCUT2D eigenvalue weighted by Gasteiger charge is -2.26. The summed E-state index contributed by atoms with van der Waals surface area (Å²) >= 11 is 0. The summed E-state index contributed by atoms with van der Waals surface area (Å²) in [6, 6.07) is 12.0. The number of carbonyl (C=O) groups is 1. The van der Waals surface area contributed by atoms with Crippen molar-refractivity contribution >= 4 is 28.6 Å². The van der Waals surface area contributed by atoms with Crippen LogP contribution in [-0.4, -0.2) is 20.4 Å². The predicted molar refractivity (Wildman–Crippen MR) is 93.9 cm³/mol. The number of nitrogens with one attached hydrogen (secondary N) is 1. The molecule has 24 heavy (non-hydrogen) atoms. The number of para-hydroxylation sites is 2. The van der Waals surface area contributed by atoms with Crippen LogP contribution in [0.15, 0.2) is 36.4 Å². The van der Waals surface area contributed by atoms with Crippen molar-refractivity contribution in [3.8, 4) is 0 Å². The van der Waals surface area contributed by atoms with Crippen molar-refractivity contribution < 1.29 is 4.79 Å². The molecule has 4 rings (SSSR count). The molecule has 1 aromatic carbocycles. The maximum absolute atomic E-state index is 12.2. The number of hydrogen-bond acceptors (Lipinski definition) is 4. The minimum absolute atomic E-state index is 0.0621. The molecule has 0 spiro atoms. The first kappa shape index (κ1) is 14.7. The Morgan fingerprint density at radius 2 is 2.00 bits per heavy atom. The molecular formula is C18H19N5O. The van der Waals surface area contributed by atoms with E-state index in [4.69, 9.17) is 10.7 Å². The predicted octanol–water partition coefficient (Wildman–Crippen LogP) is 3.07. The number of nitrogen functional groups attached to an aromatic ring is 1. The van der Waals surface area contributed by atoms with E-state index < -0.39 is 0 Å². The third-order valence-electron chi connectivity index (χ3n) is 4.42. The Hall–Kier alpha value is -2.89. The van der Waals surface area contributed by atoms with Crippen molar-refractivity contribution in [1.29, 1.82) is 0 Å². The first-order chi connectivity index (χ1) is 11.5. The standard InChI is InChI=1S/C18H19N5O/c1-10(2)23-14-6-4-3-5-13(14)20-18(23)12-9-16(24)22-17-11(12)7-8-15(19)21-17/h3-8,10,12H,9H2,1-2H3,(H3,19,21,22,24)/t12-/m1/s1. The van der Waals surface area contributed by atoms with E-state index in [-0.39, 0.29) is 17.9 Å². The topological polar surface area (TPSA) is 85.8 Å². The van der Waals surface area contributed by atoms with Crippen molar-refractivity contribution in [3.63, 3.8) is 0 Å². The van der Waals surface area contributed by atoms with Gasteiger partial charge in [-0.3, -0.25) is 4.79 Å². The summed E-state index contributed by atoms with van der Waals surface area (Å²) < 4.78 is 2.21. The minimum atomic E-state index is -0.128. The second-order valence-corrected chi connectivity index (χ2v) is 6.40. The zero-order valence-electron chi connectivity index (χ0n) is 13.7. The molecule has 0 fully saturated rings. The highest BCUT2D eigenvalue weighted by Gasteiger charge is 2.32. The van der Waals surface area contributed by atoms with Crippen LogP contribution in [0.25, 0.3) is 11.0 Å². The number of amides is 1. The number of imidazole rings is 1. The quantitative estimate of drug-likeness (QED) is 0.759. The molecule has 0 saturated heterocycles. The van der Waals surface area contributed by atoms with Crippen molar-refractivity contribution in [2.75, 3.05) is 11.1 Å². The summed E-state index contributed by atoms with van der Waals surface area (Å²) in [6.07, 6.45) is 0.356. The molecular weight excluding hydrogens is 302 g/mol. The van der Waals surface area contributed by atoms with E-state index in [1.807, 2.05) is 24.3 Å². The van der Waals surface area contributed by atoms with Crippen molar-refractivity contribution in [1.82, 2.24) is 14.5 Å².